The van der Waals surface area contributed by atoms with Gasteiger partial charge in [-0.3, -0.25) is 20.4 Å². The van der Waals surface area contributed by atoms with Gasteiger partial charge in [0.1, 0.15) is 5.69 Å². The zero-order valence-corrected chi connectivity index (χ0v) is 19.4. The van der Waals surface area contributed by atoms with Crippen LogP contribution in [0.5, 0.6) is 0 Å². The van der Waals surface area contributed by atoms with Crippen LogP contribution in [0, 0.1) is 0 Å². The molecular weight excluding hydrogens is 472 g/mol. The summed E-state index contributed by atoms with van der Waals surface area (Å²) in [5.41, 5.74) is 5.95. The number of fused-ring (bicyclic) bond motifs is 1. The second-order valence-electron chi connectivity index (χ2n) is 8.04. The first-order chi connectivity index (χ1) is 16.9. The zero-order valence-electron chi connectivity index (χ0n) is 18.6. The van der Waals surface area contributed by atoms with Crippen molar-refractivity contribution in [1.29, 1.82) is 0 Å². The van der Waals surface area contributed by atoms with Gasteiger partial charge in [-0.25, -0.2) is 13.4 Å². The number of para-hydroxylation sites is 1. The molecule has 4 heterocycles. The fraction of sp³-hybridized carbons (Fsp3) is 0.208. The number of rotatable bonds is 5. The van der Waals surface area contributed by atoms with Gasteiger partial charge in [-0.2, -0.15) is 4.31 Å². The largest absolute Gasteiger partial charge is 0.463 e. The summed E-state index contributed by atoms with van der Waals surface area (Å²) in [7, 11) is -3.82. The van der Waals surface area contributed by atoms with Gasteiger partial charge in [0.25, 0.3) is 15.9 Å². The van der Waals surface area contributed by atoms with Gasteiger partial charge in [-0.15, -0.1) is 0 Å². The van der Waals surface area contributed by atoms with Gasteiger partial charge in [-0.1, -0.05) is 24.6 Å². The van der Waals surface area contributed by atoms with Crippen molar-refractivity contribution in [3.63, 3.8) is 0 Å². The van der Waals surface area contributed by atoms with Gasteiger partial charge >= 0.3 is 5.91 Å². The smallest absolute Gasteiger partial charge is 0.305 e. The molecule has 0 saturated carbocycles. The van der Waals surface area contributed by atoms with Crippen LogP contribution >= 0.6 is 0 Å². The first-order valence-corrected chi connectivity index (χ1v) is 12.5. The van der Waals surface area contributed by atoms with E-state index in [1.807, 2.05) is 0 Å². The second-order valence-corrected chi connectivity index (χ2v) is 9.91. The molecule has 5 rings (SSSR count). The number of hydrogen-bond acceptors (Lipinski definition) is 7. The number of piperidine rings is 1. The van der Waals surface area contributed by atoms with E-state index in [1.165, 1.54) is 22.7 Å². The van der Waals surface area contributed by atoms with Gasteiger partial charge in [0.05, 0.1) is 17.3 Å². The number of carbonyl (C=O) groups excluding carboxylic acids is 2. The van der Waals surface area contributed by atoms with E-state index in [2.05, 4.69) is 15.8 Å². The Morgan fingerprint density at radius 1 is 0.914 bits per heavy atom. The summed E-state index contributed by atoms with van der Waals surface area (Å²) in [6.07, 6.45) is 4.05. The lowest BCUT2D eigenvalue weighted by atomic mass is 10.1. The van der Waals surface area contributed by atoms with E-state index < -0.39 is 21.8 Å². The number of aromatic nitrogens is 1. The maximum absolute atomic E-state index is 13.0. The third-order valence-corrected chi connectivity index (χ3v) is 7.51. The molecule has 11 heteroatoms. The van der Waals surface area contributed by atoms with E-state index in [1.54, 1.807) is 42.5 Å². The molecule has 0 unspecified atom stereocenters. The average Bonchev–Trinajstić information content (AvgIpc) is 3.60. The molecule has 1 fully saturated rings. The molecule has 4 aromatic rings. The highest BCUT2D eigenvalue weighted by Gasteiger charge is 2.29. The molecule has 0 radical (unpaired) electrons. The number of nitrogens with zero attached hydrogens (tertiary/aromatic N) is 2. The fourth-order valence-corrected chi connectivity index (χ4v) is 5.40. The molecule has 3 aromatic heterocycles. The highest BCUT2D eigenvalue weighted by molar-refractivity contribution is 7.89. The third kappa shape index (κ3) is 4.55. The predicted octanol–water partition coefficient (Wildman–Crippen LogP) is 3.34. The highest BCUT2D eigenvalue weighted by Crippen LogP contribution is 2.25. The van der Waals surface area contributed by atoms with Crippen molar-refractivity contribution in [3.8, 4) is 11.5 Å². The summed E-state index contributed by atoms with van der Waals surface area (Å²) in [6.45, 7) is 0.834. The molecule has 1 aliphatic heterocycles. The summed E-state index contributed by atoms with van der Waals surface area (Å²) in [5, 5.41) is 0.279. The summed E-state index contributed by atoms with van der Waals surface area (Å²) in [4.78, 5) is 30.1. The standard InChI is InChI=1S/C24H22N4O6S/c29-23(17-15-19(20-9-6-14-33-20)25-18-8-3-2-7-16(17)18)26-27-24(30)21-10-11-22(34-21)35(31,32)28-12-4-1-5-13-28/h2-3,6-11,14-15H,1,4-5,12-13H2,(H,26,29)(H,27,30). The Morgan fingerprint density at radius 3 is 2.46 bits per heavy atom. The van der Waals surface area contributed by atoms with E-state index in [0.29, 0.717) is 35.4 Å². The van der Waals surface area contributed by atoms with Gasteiger partial charge in [0.15, 0.2) is 11.5 Å². The van der Waals surface area contributed by atoms with Crippen LogP contribution in [0.15, 0.2) is 74.8 Å². The van der Waals surface area contributed by atoms with Crippen molar-refractivity contribution >= 4 is 32.7 Å². The number of benzene rings is 1. The zero-order chi connectivity index (χ0) is 24.4. The minimum atomic E-state index is -3.82. The Hall–Kier alpha value is -3.96. The fourth-order valence-electron chi connectivity index (χ4n) is 3.97. The highest BCUT2D eigenvalue weighted by atomic mass is 32.2. The number of nitrogens with one attached hydrogen (secondary N) is 2. The Labute approximate surface area is 200 Å². The molecule has 1 aromatic carbocycles. The SMILES string of the molecule is O=C(NNC(=O)c1cc(-c2ccco2)nc2ccccc12)c1ccc(S(=O)(=O)N2CCCCC2)o1. The van der Waals surface area contributed by atoms with Crippen LogP contribution in [-0.4, -0.2) is 42.6 Å². The van der Waals surface area contributed by atoms with Gasteiger partial charge in [0.2, 0.25) is 5.09 Å². The Bertz CT molecular complexity index is 1490. The summed E-state index contributed by atoms with van der Waals surface area (Å²) < 4.78 is 37.6. The lowest BCUT2D eigenvalue weighted by Gasteiger charge is -2.24. The van der Waals surface area contributed by atoms with Crippen molar-refractivity contribution in [1.82, 2.24) is 20.1 Å². The normalized spacial score (nSPS) is 14.6. The first kappa shape index (κ1) is 22.8. The molecule has 180 valence electrons. The lowest BCUT2D eigenvalue weighted by Crippen LogP contribution is -2.41. The summed E-state index contributed by atoms with van der Waals surface area (Å²) >= 11 is 0. The molecule has 0 aliphatic carbocycles. The van der Waals surface area contributed by atoms with Crippen molar-refractivity contribution in [2.24, 2.45) is 0 Å². The molecule has 1 aliphatic rings. The molecule has 0 bridgehead atoms. The molecule has 0 atom stereocenters. The van der Waals surface area contributed by atoms with E-state index in [0.717, 1.165) is 19.3 Å². The molecule has 2 amide bonds. The van der Waals surface area contributed by atoms with Crippen LogP contribution in [0.25, 0.3) is 22.4 Å². The van der Waals surface area contributed by atoms with Gasteiger partial charge in [0, 0.05) is 18.5 Å². The van der Waals surface area contributed by atoms with Crippen LogP contribution in [0.4, 0.5) is 0 Å². The second kappa shape index (κ2) is 9.35. The van der Waals surface area contributed by atoms with Gasteiger partial charge in [-0.05, 0) is 49.2 Å². The maximum atomic E-state index is 13.0. The lowest BCUT2D eigenvalue weighted by molar-refractivity contribution is 0.0828. The molecular formula is C24H22N4O6S. The van der Waals surface area contributed by atoms with Crippen LogP contribution in [0.1, 0.15) is 40.2 Å². The summed E-state index contributed by atoms with van der Waals surface area (Å²) in [6, 6.07) is 14.6. The van der Waals surface area contributed by atoms with Crippen molar-refractivity contribution in [2.45, 2.75) is 24.4 Å². The Morgan fingerprint density at radius 2 is 1.69 bits per heavy atom. The van der Waals surface area contributed by atoms with E-state index in [9.17, 15) is 18.0 Å². The third-order valence-electron chi connectivity index (χ3n) is 5.74. The number of furan rings is 2. The van der Waals surface area contributed by atoms with Crippen molar-refractivity contribution in [3.05, 3.63) is 72.2 Å². The Balaban J connectivity index is 1.33. The number of sulfonamides is 1. The average molecular weight is 495 g/mol. The van der Waals surface area contributed by atoms with E-state index in [-0.39, 0.29) is 16.4 Å². The molecule has 1 saturated heterocycles. The van der Waals surface area contributed by atoms with Crippen molar-refractivity contribution in [2.75, 3.05) is 13.1 Å². The number of hydrogen-bond donors (Lipinski definition) is 2. The van der Waals surface area contributed by atoms with Crippen LogP contribution in [0.3, 0.4) is 0 Å². The minimum Gasteiger partial charge on any atom is -0.463 e. The number of hydrazine groups is 1. The molecule has 2 N–H and O–H groups in total. The quantitative estimate of drug-likeness (QED) is 0.406. The van der Waals surface area contributed by atoms with Crippen LogP contribution in [-0.2, 0) is 10.0 Å². The number of carbonyl (C=O) groups is 2. The summed E-state index contributed by atoms with van der Waals surface area (Å²) in [5.74, 6) is -1.12. The monoisotopic (exact) mass is 494 g/mol. The Kier molecular flexibility index (Phi) is 6.10. The van der Waals surface area contributed by atoms with Crippen molar-refractivity contribution < 1.29 is 26.8 Å². The van der Waals surface area contributed by atoms with Crippen LogP contribution in [0.2, 0.25) is 0 Å². The van der Waals surface area contributed by atoms with E-state index in [4.69, 9.17) is 8.83 Å². The predicted molar refractivity (Wildman–Crippen MR) is 126 cm³/mol. The number of amides is 2. The van der Waals surface area contributed by atoms with Gasteiger partial charge < -0.3 is 8.83 Å². The molecule has 35 heavy (non-hydrogen) atoms. The van der Waals surface area contributed by atoms with Crippen LogP contribution < -0.4 is 10.9 Å². The minimum absolute atomic E-state index is 0.239. The number of pyridine rings is 1. The molecule has 0 spiro atoms. The maximum Gasteiger partial charge on any atom is 0.305 e. The molecule has 10 nitrogen and oxygen atoms in total. The first-order valence-electron chi connectivity index (χ1n) is 11.1. The topological polar surface area (TPSA) is 135 Å². The van der Waals surface area contributed by atoms with E-state index >= 15 is 0 Å².